The van der Waals surface area contributed by atoms with Crippen molar-refractivity contribution in [2.24, 2.45) is 7.05 Å². The quantitative estimate of drug-likeness (QED) is 0.824. The number of hydrogen-bond acceptors (Lipinski definition) is 3. The van der Waals surface area contributed by atoms with E-state index < -0.39 is 0 Å². The number of carbonyl (C=O) groups excluding carboxylic acids is 1. The Labute approximate surface area is 165 Å². The SMILES string of the molecule is Cc1nn(C)c(C)c1CCC(=O)Nc1ccc2c(c1F)CCNC2.Cl.Cl. The Kier molecular flexibility index (Phi) is 8.06. The molecule has 0 unspecified atom stereocenters. The molecule has 1 aliphatic rings. The van der Waals surface area contributed by atoms with Gasteiger partial charge in [-0.3, -0.25) is 9.48 Å². The molecule has 3 rings (SSSR count). The van der Waals surface area contributed by atoms with Gasteiger partial charge in [-0.25, -0.2) is 4.39 Å². The van der Waals surface area contributed by atoms with E-state index in [4.69, 9.17) is 0 Å². The lowest BCUT2D eigenvalue weighted by Gasteiger charge is -2.19. The van der Waals surface area contributed by atoms with Gasteiger partial charge in [0, 0.05) is 25.7 Å². The molecule has 0 saturated carbocycles. The fourth-order valence-corrected chi connectivity index (χ4v) is 3.26. The van der Waals surface area contributed by atoms with Crippen LogP contribution in [-0.2, 0) is 31.2 Å². The van der Waals surface area contributed by atoms with Crippen LogP contribution in [0, 0.1) is 19.7 Å². The van der Waals surface area contributed by atoms with E-state index in [2.05, 4.69) is 15.7 Å². The number of anilines is 1. The highest BCUT2D eigenvalue weighted by molar-refractivity contribution is 5.91. The number of hydrogen-bond donors (Lipinski definition) is 2. The van der Waals surface area contributed by atoms with E-state index in [1.54, 1.807) is 6.07 Å². The molecule has 0 radical (unpaired) electrons. The average molecular weight is 403 g/mol. The smallest absolute Gasteiger partial charge is 0.224 e. The number of benzene rings is 1. The molecule has 0 fully saturated rings. The highest BCUT2D eigenvalue weighted by Gasteiger charge is 2.18. The molecule has 1 amide bonds. The molecule has 0 spiro atoms. The Bertz CT molecular complexity index is 792. The topological polar surface area (TPSA) is 59.0 Å². The number of nitrogens with one attached hydrogen (secondary N) is 2. The average Bonchev–Trinajstić information content (AvgIpc) is 2.81. The molecule has 0 saturated heterocycles. The van der Waals surface area contributed by atoms with E-state index in [-0.39, 0.29) is 42.2 Å². The van der Waals surface area contributed by atoms with Crippen molar-refractivity contribution >= 4 is 36.4 Å². The normalized spacial score (nSPS) is 12.6. The lowest BCUT2D eigenvalue weighted by Crippen LogP contribution is -2.25. The van der Waals surface area contributed by atoms with Crippen molar-refractivity contribution in [3.8, 4) is 0 Å². The highest BCUT2D eigenvalue weighted by Crippen LogP contribution is 2.25. The minimum atomic E-state index is -0.295. The zero-order valence-corrected chi connectivity index (χ0v) is 16.8. The Morgan fingerprint density at radius 3 is 2.73 bits per heavy atom. The zero-order valence-electron chi connectivity index (χ0n) is 15.2. The van der Waals surface area contributed by atoms with E-state index in [1.807, 2.05) is 31.6 Å². The van der Waals surface area contributed by atoms with E-state index in [0.29, 0.717) is 31.4 Å². The van der Waals surface area contributed by atoms with Crippen molar-refractivity contribution in [2.75, 3.05) is 11.9 Å². The van der Waals surface area contributed by atoms with Gasteiger partial charge in [0.1, 0.15) is 5.82 Å². The number of amides is 1. The number of fused-ring (bicyclic) bond motifs is 1. The molecule has 5 nitrogen and oxygen atoms in total. The maximum atomic E-state index is 14.6. The summed E-state index contributed by atoms with van der Waals surface area (Å²) >= 11 is 0. The van der Waals surface area contributed by atoms with Crippen LogP contribution in [0.4, 0.5) is 10.1 Å². The number of carbonyl (C=O) groups is 1. The summed E-state index contributed by atoms with van der Waals surface area (Å²) in [6.45, 7) is 5.38. The van der Waals surface area contributed by atoms with Crippen LogP contribution in [0.25, 0.3) is 0 Å². The van der Waals surface area contributed by atoms with Gasteiger partial charge in [0.2, 0.25) is 5.91 Å². The predicted molar refractivity (Wildman–Crippen MR) is 106 cm³/mol. The molecule has 26 heavy (non-hydrogen) atoms. The molecule has 0 bridgehead atoms. The summed E-state index contributed by atoms with van der Waals surface area (Å²) in [4.78, 5) is 12.2. The van der Waals surface area contributed by atoms with Crippen LogP contribution < -0.4 is 10.6 Å². The van der Waals surface area contributed by atoms with E-state index in [1.165, 1.54) is 0 Å². The third-order valence-corrected chi connectivity index (χ3v) is 4.74. The first kappa shape index (κ1) is 22.4. The molecular formula is C18H25Cl2FN4O. The first-order valence-electron chi connectivity index (χ1n) is 8.27. The highest BCUT2D eigenvalue weighted by atomic mass is 35.5. The second-order valence-electron chi connectivity index (χ2n) is 6.31. The van der Waals surface area contributed by atoms with Gasteiger partial charge in [-0.05, 0) is 56.0 Å². The standard InChI is InChI=1S/C18H23FN4O.2ClH/c1-11-14(12(2)23(3)22-11)5-7-17(24)21-16-6-4-13-10-20-9-8-15(13)18(16)19;;/h4,6,20H,5,7-10H2,1-3H3,(H,21,24);2*1H. The van der Waals surface area contributed by atoms with Gasteiger partial charge in [0.05, 0.1) is 11.4 Å². The van der Waals surface area contributed by atoms with Crippen LogP contribution in [0.2, 0.25) is 0 Å². The number of aromatic nitrogens is 2. The molecule has 144 valence electrons. The monoisotopic (exact) mass is 402 g/mol. The number of halogens is 3. The van der Waals surface area contributed by atoms with Crippen LogP contribution in [-0.4, -0.2) is 22.2 Å². The van der Waals surface area contributed by atoms with Crippen molar-refractivity contribution in [1.29, 1.82) is 0 Å². The maximum absolute atomic E-state index is 14.6. The van der Waals surface area contributed by atoms with Gasteiger partial charge in [-0.15, -0.1) is 24.8 Å². The van der Waals surface area contributed by atoms with Crippen molar-refractivity contribution in [3.63, 3.8) is 0 Å². The molecule has 0 aliphatic carbocycles. The van der Waals surface area contributed by atoms with Crippen LogP contribution >= 0.6 is 24.8 Å². The Morgan fingerprint density at radius 1 is 1.35 bits per heavy atom. The van der Waals surface area contributed by atoms with Crippen molar-refractivity contribution in [1.82, 2.24) is 15.1 Å². The molecule has 1 aromatic heterocycles. The van der Waals surface area contributed by atoms with E-state index >= 15 is 0 Å². The summed E-state index contributed by atoms with van der Waals surface area (Å²) < 4.78 is 16.4. The Hall–Kier alpha value is -1.63. The fourth-order valence-electron chi connectivity index (χ4n) is 3.26. The molecule has 1 aromatic carbocycles. The number of rotatable bonds is 4. The van der Waals surface area contributed by atoms with Gasteiger partial charge in [-0.1, -0.05) is 6.07 Å². The molecular weight excluding hydrogens is 378 g/mol. The summed E-state index contributed by atoms with van der Waals surface area (Å²) in [6.07, 6.45) is 1.57. The largest absolute Gasteiger partial charge is 0.324 e. The van der Waals surface area contributed by atoms with E-state index in [0.717, 1.165) is 29.1 Å². The molecule has 2 heterocycles. The minimum Gasteiger partial charge on any atom is -0.324 e. The van der Waals surface area contributed by atoms with Crippen LogP contribution in [0.3, 0.4) is 0 Å². The predicted octanol–water partition coefficient (Wildman–Crippen LogP) is 3.24. The summed E-state index contributed by atoms with van der Waals surface area (Å²) in [5, 5.41) is 10.3. The lowest BCUT2D eigenvalue weighted by molar-refractivity contribution is -0.116. The summed E-state index contributed by atoms with van der Waals surface area (Å²) in [7, 11) is 1.89. The van der Waals surface area contributed by atoms with Gasteiger partial charge in [0.15, 0.2) is 0 Å². The molecule has 0 atom stereocenters. The van der Waals surface area contributed by atoms with Crippen LogP contribution in [0.5, 0.6) is 0 Å². The Morgan fingerprint density at radius 2 is 2.08 bits per heavy atom. The summed E-state index contributed by atoms with van der Waals surface area (Å²) in [6, 6.07) is 3.54. The minimum absolute atomic E-state index is 0. The number of aryl methyl sites for hydroxylation is 2. The van der Waals surface area contributed by atoms with Crippen molar-refractivity contribution in [3.05, 3.63) is 46.0 Å². The third-order valence-electron chi connectivity index (χ3n) is 4.74. The van der Waals surface area contributed by atoms with Crippen LogP contribution in [0.1, 0.15) is 34.5 Å². The maximum Gasteiger partial charge on any atom is 0.224 e. The van der Waals surface area contributed by atoms with Gasteiger partial charge in [0.25, 0.3) is 0 Å². The second-order valence-corrected chi connectivity index (χ2v) is 6.31. The number of nitrogens with zero attached hydrogens (tertiary/aromatic N) is 2. The van der Waals surface area contributed by atoms with Crippen LogP contribution in [0.15, 0.2) is 12.1 Å². The molecule has 2 aromatic rings. The molecule has 1 aliphatic heterocycles. The van der Waals surface area contributed by atoms with Gasteiger partial charge >= 0.3 is 0 Å². The first-order chi connectivity index (χ1) is 11.5. The van der Waals surface area contributed by atoms with Crippen molar-refractivity contribution in [2.45, 2.75) is 39.7 Å². The fraction of sp³-hybridized carbons (Fsp3) is 0.444. The van der Waals surface area contributed by atoms with Gasteiger partial charge < -0.3 is 10.6 Å². The van der Waals surface area contributed by atoms with E-state index in [9.17, 15) is 9.18 Å². The molecule has 8 heteroatoms. The third kappa shape index (κ3) is 4.55. The first-order valence-corrected chi connectivity index (χ1v) is 8.27. The second kappa shape index (κ2) is 9.35. The van der Waals surface area contributed by atoms with Gasteiger partial charge in [-0.2, -0.15) is 5.10 Å². The van der Waals surface area contributed by atoms with Crippen molar-refractivity contribution < 1.29 is 9.18 Å². The molecule has 2 N–H and O–H groups in total. The zero-order chi connectivity index (χ0) is 17.3. The Balaban J connectivity index is 0.00000169. The summed E-state index contributed by atoms with van der Waals surface area (Å²) in [5.74, 6) is -0.471. The lowest BCUT2D eigenvalue weighted by atomic mass is 9.99. The summed E-state index contributed by atoms with van der Waals surface area (Å²) in [5.41, 5.74) is 5.05.